The fourth-order valence-corrected chi connectivity index (χ4v) is 6.31. The number of nitrogens with two attached hydrogens (primary N) is 1. The number of benzene rings is 2. The quantitative estimate of drug-likeness (QED) is 0.204. The van der Waals surface area contributed by atoms with Crippen LogP contribution in [0.4, 0.5) is 32.8 Å². The smallest absolute Gasteiger partial charge is 0.417 e. The van der Waals surface area contributed by atoms with Crippen LogP contribution in [0.15, 0.2) is 18.2 Å². The molecule has 234 valence electrons. The molecule has 2 saturated heterocycles. The summed E-state index contributed by atoms with van der Waals surface area (Å²) in [5, 5.41) is 15.1. The number of thiophene rings is 1. The minimum atomic E-state index is -5.01. The summed E-state index contributed by atoms with van der Waals surface area (Å²) in [5.74, 6) is -2.00. The molecule has 4 N–H and O–H groups in total. The number of rotatable bonds is 5. The van der Waals surface area contributed by atoms with Gasteiger partial charge in [-0.3, -0.25) is 0 Å². The van der Waals surface area contributed by atoms with Gasteiger partial charge in [0.2, 0.25) is 0 Å². The highest BCUT2D eigenvalue weighted by Crippen LogP contribution is 2.47. The fourth-order valence-electron chi connectivity index (χ4n) is 5.36. The van der Waals surface area contributed by atoms with Gasteiger partial charge in [-0.1, -0.05) is 12.5 Å². The van der Waals surface area contributed by atoms with E-state index in [-0.39, 0.29) is 56.0 Å². The number of nitriles is 1. The van der Waals surface area contributed by atoms with Gasteiger partial charge in [-0.25, -0.2) is 8.78 Å². The molecule has 14 heteroatoms. The van der Waals surface area contributed by atoms with Crippen molar-refractivity contribution in [3.05, 3.63) is 41.0 Å². The Bertz CT molecular complexity index is 1680. The number of nitrogen functional groups attached to an aromatic ring is 1. The number of anilines is 2. The van der Waals surface area contributed by atoms with Crippen molar-refractivity contribution in [1.82, 2.24) is 15.3 Å². The largest absolute Gasteiger partial charge is 0.463 e. The van der Waals surface area contributed by atoms with Gasteiger partial charge in [0.25, 0.3) is 0 Å². The number of alkyl halides is 3. The van der Waals surface area contributed by atoms with E-state index in [1.807, 2.05) is 0 Å². The first-order chi connectivity index (χ1) is 21.1. The summed E-state index contributed by atoms with van der Waals surface area (Å²) >= 11 is 0.702. The molecule has 44 heavy (non-hydrogen) atoms. The summed E-state index contributed by atoms with van der Waals surface area (Å²) in [7, 11) is 1.43. The Morgan fingerprint density at radius 1 is 1.16 bits per heavy atom. The second kappa shape index (κ2) is 13.5. The Morgan fingerprint density at radius 3 is 2.48 bits per heavy atom. The highest BCUT2D eigenvalue weighted by atomic mass is 32.1. The molecule has 0 saturated carbocycles. The fraction of sp³-hybridized carbons (Fsp3) is 0.433. The maximum atomic E-state index is 16.2. The molecule has 0 atom stereocenters. The predicted octanol–water partition coefficient (Wildman–Crippen LogP) is 6.87. The first-order valence-corrected chi connectivity index (χ1v) is 15.1. The summed E-state index contributed by atoms with van der Waals surface area (Å²) in [5.41, 5.74) is 2.66. The predicted molar refractivity (Wildman–Crippen MR) is 160 cm³/mol. The van der Waals surface area contributed by atoms with Crippen molar-refractivity contribution >= 4 is 43.1 Å². The van der Waals surface area contributed by atoms with Crippen LogP contribution < -0.4 is 21.1 Å². The number of aromatic nitrogens is 2. The molecule has 0 unspecified atom stereocenters. The molecule has 2 aromatic carbocycles. The lowest BCUT2D eigenvalue weighted by Crippen LogP contribution is -2.22. The van der Waals surface area contributed by atoms with Crippen LogP contribution in [0, 0.1) is 28.9 Å². The number of ether oxygens (including phenoxy) is 2. The van der Waals surface area contributed by atoms with E-state index < -0.39 is 34.5 Å². The minimum absolute atomic E-state index is 0.0605. The Hall–Kier alpha value is -3.80. The minimum Gasteiger partial charge on any atom is -0.463 e. The molecule has 2 fully saturated rings. The molecule has 4 aromatic rings. The maximum Gasteiger partial charge on any atom is 0.417 e. The topological polar surface area (TPSA) is 118 Å². The first kappa shape index (κ1) is 31.6. The lowest BCUT2D eigenvalue weighted by Gasteiger charge is -2.22. The van der Waals surface area contributed by atoms with E-state index >= 15 is 4.39 Å². The standard InChI is InChI=1S/C25H20F5N5O2S.C5H11N/c1-33-23-13-8-15(25(28,29)30)18(12-2-3-16(26)21-17(12)14(9-31)22(32)38-21)19(27)20(13)34-24(35-23)37-10-11-4-6-36-7-5-11;1-2-4-6-5-3-1/h2-3,8,11H,4-7,10,32H2,1H3,(H,33,34,35);6H,1-5H2. The highest BCUT2D eigenvalue weighted by molar-refractivity contribution is 7.23. The zero-order valence-electron chi connectivity index (χ0n) is 23.9. The van der Waals surface area contributed by atoms with E-state index in [4.69, 9.17) is 15.2 Å². The molecule has 0 aliphatic carbocycles. The molecule has 0 spiro atoms. The van der Waals surface area contributed by atoms with Crippen LogP contribution in [0.25, 0.3) is 32.1 Å². The van der Waals surface area contributed by atoms with Gasteiger partial charge >= 0.3 is 12.2 Å². The zero-order valence-corrected chi connectivity index (χ0v) is 24.7. The van der Waals surface area contributed by atoms with Crippen molar-refractivity contribution in [1.29, 1.82) is 5.26 Å². The third-order valence-electron chi connectivity index (χ3n) is 7.65. The van der Waals surface area contributed by atoms with Gasteiger partial charge in [-0.05, 0) is 62.4 Å². The number of nitrogens with one attached hydrogen (secondary N) is 2. The van der Waals surface area contributed by atoms with E-state index in [2.05, 4.69) is 20.6 Å². The molecule has 8 nitrogen and oxygen atoms in total. The molecule has 0 bridgehead atoms. The van der Waals surface area contributed by atoms with Crippen molar-refractivity contribution in [3.8, 4) is 23.2 Å². The lowest BCUT2D eigenvalue weighted by atomic mass is 9.92. The normalized spacial score (nSPS) is 15.9. The number of piperidine rings is 1. The monoisotopic (exact) mass is 634 g/mol. The zero-order chi connectivity index (χ0) is 31.4. The molecule has 2 aromatic heterocycles. The van der Waals surface area contributed by atoms with Gasteiger partial charge in [0.05, 0.1) is 22.4 Å². The number of halogens is 5. The molecule has 2 aliphatic rings. The van der Waals surface area contributed by atoms with Crippen LogP contribution in [0.3, 0.4) is 0 Å². The highest BCUT2D eigenvalue weighted by Gasteiger charge is 2.38. The van der Waals surface area contributed by atoms with Crippen LogP contribution in [-0.2, 0) is 10.9 Å². The second-order valence-electron chi connectivity index (χ2n) is 10.5. The van der Waals surface area contributed by atoms with Crippen molar-refractivity contribution < 1.29 is 31.4 Å². The Morgan fingerprint density at radius 2 is 1.89 bits per heavy atom. The number of fused-ring (bicyclic) bond motifs is 2. The van der Waals surface area contributed by atoms with E-state index in [0.717, 1.165) is 31.0 Å². The molecular formula is C30H31F5N6O2S. The second-order valence-corrected chi connectivity index (χ2v) is 11.6. The summed E-state index contributed by atoms with van der Waals surface area (Å²) in [6, 6.07) is 4.25. The SMILES string of the molecule is C1CCNCC1.CNc1nc(OCC2CCOCC2)nc2c(F)c(-c3ccc(F)c4sc(N)c(C#N)c34)c(C(F)(F)F)cc12. The van der Waals surface area contributed by atoms with E-state index in [1.54, 1.807) is 6.07 Å². The Balaban J connectivity index is 0.000000573. The van der Waals surface area contributed by atoms with Crippen molar-refractivity contribution in [2.75, 3.05) is 51.0 Å². The first-order valence-electron chi connectivity index (χ1n) is 14.2. The Labute approximate surface area is 254 Å². The average molecular weight is 635 g/mol. The molecule has 0 amide bonds. The van der Waals surface area contributed by atoms with Crippen LogP contribution >= 0.6 is 11.3 Å². The average Bonchev–Trinajstić information content (AvgIpc) is 3.38. The number of hydrogen-bond donors (Lipinski definition) is 3. The molecule has 0 radical (unpaired) electrons. The van der Waals surface area contributed by atoms with Gasteiger partial charge in [0.1, 0.15) is 28.2 Å². The molecule has 4 heterocycles. The third kappa shape index (κ3) is 6.50. The van der Waals surface area contributed by atoms with Crippen LogP contribution in [0.2, 0.25) is 0 Å². The van der Waals surface area contributed by atoms with E-state index in [1.165, 1.54) is 39.4 Å². The molecular weight excluding hydrogens is 603 g/mol. The van der Waals surface area contributed by atoms with E-state index in [9.17, 15) is 22.8 Å². The van der Waals surface area contributed by atoms with Crippen molar-refractivity contribution in [2.45, 2.75) is 38.3 Å². The van der Waals surface area contributed by atoms with Crippen LogP contribution in [-0.4, -0.2) is 49.9 Å². The third-order valence-corrected chi connectivity index (χ3v) is 8.68. The summed E-state index contributed by atoms with van der Waals surface area (Å²) in [6.45, 7) is 3.89. The number of hydrogen-bond acceptors (Lipinski definition) is 9. The van der Waals surface area contributed by atoms with Crippen LogP contribution in [0.5, 0.6) is 6.01 Å². The van der Waals surface area contributed by atoms with Crippen LogP contribution in [0.1, 0.15) is 43.2 Å². The summed E-state index contributed by atoms with van der Waals surface area (Å²) in [4.78, 5) is 8.26. The van der Waals surface area contributed by atoms with Gasteiger partial charge in [-0.2, -0.15) is 28.4 Å². The summed E-state index contributed by atoms with van der Waals surface area (Å²) < 4.78 is 84.6. The van der Waals surface area contributed by atoms with Gasteiger partial charge in [0, 0.05) is 36.6 Å². The van der Waals surface area contributed by atoms with Gasteiger partial charge in [0.15, 0.2) is 5.82 Å². The van der Waals surface area contributed by atoms with Gasteiger partial charge in [-0.15, -0.1) is 11.3 Å². The maximum absolute atomic E-state index is 16.2. The summed E-state index contributed by atoms with van der Waals surface area (Å²) in [6.07, 6.45) is 0.715. The van der Waals surface area contributed by atoms with Gasteiger partial charge < -0.3 is 25.8 Å². The van der Waals surface area contributed by atoms with E-state index in [0.29, 0.717) is 24.6 Å². The Kier molecular flexibility index (Phi) is 9.67. The molecule has 6 rings (SSSR count). The molecule has 2 aliphatic heterocycles. The number of nitrogens with zero attached hydrogens (tertiary/aromatic N) is 3. The lowest BCUT2D eigenvalue weighted by molar-refractivity contribution is -0.137. The van der Waals surface area contributed by atoms with Crippen molar-refractivity contribution in [3.63, 3.8) is 0 Å². The van der Waals surface area contributed by atoms with Crippen molar-refractivity contribution in [2.24, 2.45) is 5.92 Å².